The summed E-state index contributed by atoms with van der Waals surface area (Å²) in [5.74, 6) is -0.487. The molecule has 24 heavy (non-hydrogen) atoms. The third-order valence-corrected chi connectivity index (χ3v) is 4.34. The molecular formula is C16H12N4O3S. The summed E-state index contributed by atoms with van der Waals surface area (Å²) in [5, 5.41) is 7.34. The molecule has 3 aromatic heterocycles. The average molecular weight is 340 g/mol. The van der Waals surface area contributed by atoms with Crippen LogP contribution in [0.15, 0.2) is 51.3 Å². The molecule has 1 N–H and O–H groups in total. The molecule has 0 aliphatic heterocycles. The van der Waals surface area contributed by atoms with Crippen molar-refractivity contribution in [1.29, 1.82) is 0 Å². The number of hydrogen-bond donors (Lipinski definition) is 1. The van der Waals surface area contributed by atoms with Gasteiger partial charge in [0.05, 0.1) is 23.3 Å². The van der Waals surface area contributed by atoms with Crippen molar-refractivity contribution in [3.63, 3.8) is 0 Å². The predicted octanol–water partition coefficient (Wildman–Crippen LogP) is 2.39. The lowest BCUT2D eigenvalue weighted by Crippen LogP contribution is -2.27. The fourth-order valence-electron chi connectivity index (χ4n) is 2.42. The number of rotatable bonds is 3. The zero-order chi connectivity index (χ0) is 16.7. The minimum absolute atomic E-state index is 0.0234. The van der Waals surface area contributed by atoms with E-state index in [0.29, 0.717) is 16.7 Å². The van der Waals surface area contributed by atoms with E-state index >= 15 is 0 Å². The van der Waals surface area contributed by atoms with Gasteiger partial charge < -0.3 is 9.73 Å². The molecule has 0 spiro atoms. The summed E-state index contributed by atoms with van der Waals surface area (Å²) >= 11 is 1.41. The zero-order valence-electron chi connectivity index (χ0n) is 12.6. The maximum atomic E-state index is 12.4. The minimum atomic E-state index is -0.463. The molecule has 8 heteroatoms. The van der Waals surface area contributed by atoms with E-state index in [9.17, 15) is 9.59 Å². The lowest BCUT2D eigenvalue weighted by atomic mass is 10.2. The first-order valence-corrected chi connectivity index (χ1v) is 8.12. The summed E-state index contributed by atoms with van der Waals surface area (Å²) in [7, 11) is 0. The van der Waals surface area contributed by atoms with Gasteiger partial charge >= 0.3 is 0 Å². The number of benzene rings is 1. The van der Waals surface area contributed by atoms with E-state index in [0.717, 1.165) is 4.96 Å². The monoisotopic (exact) mass is 340 g/mol. The largest absolute Gasteiger partial charge is 0.451 e. The Hall–Kier alpha value is -3.00. The molecule has 0 fully saturated rings. The quantitative estimate of drug-likeness (QED) is 0.618. The van der Waals surface area contributed by atoms with Crippen LogP contribution in [-0.2, 0) is 0 Å². The number of carbonyl (C=O) groups is 1. The predicted molar refractivity (Wildman–Crippen MR) is 89.2 cm³/mol. The molecule has 1 amide bonds. The highest BCUT2D eigenvalue weighted by Gasteiger charge is 2.18. The van der Waals surface area contributed by atoms with Crippen LogP contribution in [0.3, 0.4) is 0 Å². The Balaban J connectivity index is 1.61. The van der Waals surface area contributed by atoms with Gasteiger partial charge in [0.15, 0.2) is 11.2 Å². The SMILES string of the molecule is C[C@@H](NC(=O)c1cc(=O)c2ccccc2o1)c1cn2ncsc2n1. The summed E-state index contributed by atoms with van der Waals surface area (Å²) < 4.78 is 7.19. The van der Waals surface area contributed by atoms with E-state index in [2.05, 4.69) is 15.4 Å². The Morgan fingerprint density at radius 1 is 1.38 bits per heavy atom. The molecule has 0 aliphatic carbocycles. The highest BCUT2D eigenvalue weighted by atomic mass is 32.1. The maximum absolute atomic E-state index is 12.4. The molecule has 3 heterocycles. The van der Waals surface area contributed by atoms with Crippen LogP contribution in [0.25, 0.3) is 15.9 Å². The molecule has 0 bridgehead atoms. The Labute approximate surface area is 139 Å². The van der Waals surface area contributed by atoms with Gasteiger partial charge in [-0.15, -0.1) is 0 Å². The van der Waals surface area contributed by atoms with Crippen molar-refractivity contribution in [3.8, 4) is 0 Å². The van der Waals surface area contributed by atoms with E-state index in [-0.39, 0.29) is 17.2 Å². The molecule has 0 saturated carbocycles. The number of carbonyl (C=O) groups excluding carboxylic acids is 1. The van der Waals surface area contributed by atoms with Gasteiger partial charge in [-0.2, -0.15) is 5.10 Å². The van der Waals surface area contributed by atoms with Gasteiger partial charge in [0.2, 0.25) is 4.96 Å². The fraction of sp³-hybridized carbons (Fsp3) is 0.125. The van der Waals surface area contributed by atoms with Gasteiger partial charge in [-0.3, -0.25) is 9.59 Å². The third-order valence-electron chi connectivity index (χ3n) is 3.65. The van der Waals surface area contributed by atoms with Crippen molar-refractivity contribution in [3.05, 3.63) is 63.7 Å². The zero-order valence-corrected chi connectivity index (χ0v) is 13.4. The number of amides is 1. The normalized spacial score (nSPS) is 12.5. The van der Waals surface area contributed by atoms with Crippen LogP contribution in [0.4, 0.5) is 0 Å². The maximum Gasteiger partial charge on any atom is 0.287 e. The first-order valence-electron chi connectivity index (χ1n) is 7.24. The van der Waals surface area contributed by atoms with Gasteiger partial charge in [0.1, 0.15) is 11.1 Å². The van der Waals surface area contributed by atoms with Gasteiger partial charge in [-0.05, 0) is 19.1 Å². The van der Waals surface area contributed by atoms with Gasteiger partial charge in [-0.25, -0.2) is 9.50 Å². The Kier molecular flexibility index (Phi) is 3.39. The van der Waals surface area contributed by atoms with E-state index < -0.39 is 5.91 Å². The Bertz CT molecular complexity index is 1080. The van der Waals surface area contributed by atoms with Crippen LogP contribution in [0.5, 0.6) is 0 Å². The summed E-state index contributed by atoms with van der Waals surface area (Å²) in [6.07, 6.45) is 1.76. The van der Waals surface area contributed by atoms with Crippen molar-refractivity contribution >= 4 is 33.2 Å². The molecule has 0 radical (unpaired) electrons. The summed E-state index contributed by atoms with van der Waals surface area (Å²) in [6, 6.07) is 7.68. The number of aromatic nitrogens is 3. The van der Waals surface area contributed by atoms with Gasteiger partial charge in [-0.1, -0.05) is 23.5 Å². The number of fused-ring (bicyclic) bond motifs is 2. The van der Waals surface area contributed by atoms with Crippen molar-refractivity contribution in [2.24, 2.45) is 0 Å². The molecule has 0 aliphatic rings. The van der Waals surface area contributed by atoms with E-state index in [1.807, 2.05) is 6.92 Å². The Morgan fingerprint density at radius 2 is 2.21 bits per heavy atom. The summed E-state index contributed by atoms with van der Waals surface area (Å²) in [6.45, 7) is 1.81. The van der Waals surface area contributed by atoms with Crippen molar-refractivity contribution < 1.29 is 9.21 Å². The van der Waals surface area contributed by atoms with E-state index in [4.69, 9.17) is 4.42 Å². The van der Waals surface area contributed by atoms with Crippen LogP contribution in [0.1, 0.15) is 29.2 Å². The third kappa shape index (κ3) is 2.46. The summed E-state index contributed by atoms with van der Waals surface area (Å²) in [4.78, 5) is 29.6. The molecule has 7 nitrogen and oxygen atoms in total. The van der Waals surface area contributed by atoms with Crippen LogP contribution >= 0.6 is 11.3 Å². The van der Waals surface area contributed by atoms with Crippen LogP contribution in [0, 0.1) is 0 Å². The second-order valence-electron chi connectivity index (χ2n) is 5.30. The second kappa shape index (κ2) is 5.57. The highest BCUT2D eigenvalue weighted by molar-refractivity contribution is 7.14. The van der Waals surface area contributed by atoms with Crippen LogP contribution in [0.2, 0.25) is 0 Å². The molecule has 0 saturated heterocycles. The fourth-order valence-corrected chi connectivity index (χ4v) is 3.03. The van der Waals surface area contributed by atoms with Gasteiger partial charge in [0, 0.05) is 6.07 Å². The topological polar surface area (TPSA) is 89.5 Å². The highest BCUT2D eigenvalue weighted by Crippen LogP contribution is 2.16. The van der Waals surface area contributed by atoms with Crippen molar-refractivity contribution in [2.75, 3.05) is 0 Å². The molecule has 120 valence electrons. The smallest absolute Gasteiger partial charge is 0.287 e. The molecule has 1 atom stereocenters. The first kappa shape index (κ1) is 14.6. The molecule has 0 unspecified atom stereocenters. The molecular weight excluding hydrogens is 328 g/mol. The lowest BCUT2D eigenvalue weighted by Gasteiger charge is -2.11. The second-order valence-corrected chi connectivity index (χ2v) is 6.11. The van der Waals surface area contributed by atoms with Crippen molar-refractivity contribution in [2.45, 2.75) is 13.0 Å². The number of para-hydroxylation sites is 1. The minimum Gasteiger partial charge on any atom is -0.451 e. The van der Waals surface area contributed by atoms with Crippen molar-refractivity contribution in [1.82, 2.24) is 19.9 Å². The summed E-state index contributed by atoms with van der Waals surface area (Å²) in [5.41, 5.74) is 2.51. The van der Waals surface area contributed by atoms with E-state index in [1.54, 1.807) is 40.5 Å². The lowest BCUT2D eigenvalue weighted by molar-refractivity contribution is 0.0911. The van der Waals surface area contributed by atoms with Gasteiger partial charge in [0.25, 0.3) is 5.91 Å². The Morgan fingerprint density at radius 3 is 3.04 bits per heavy atom. The van der Waals surface area contributed by atoms with E-state index in [1.165, 1.54) is 17.4 Å². The number of nitrogens with zero attached hydrogens (tertiary/aromatic N) is 3. The first-order chi connectivity index (χ1) is 11.6. The standard InChI is InChI=1S/C16H12N4O3S/c1-9(11-7-20-16(19-11)24-8-17-20)18-15(22)14-6-12(21)10-4-2-3-5-13(10)23-14/h2-9H,1H3,(H,18,22)/t9-/m1/s1. The average Bonchev–Trinajstić information content (AvgIpc) is 3.16. The number of hydrogen-bond acceptors (Lipinski definition) is 6. The molecule has 4 rings (SSSR count). The molecule has 1 aromatic carbocycles. The molecule has 4 aromatic rings. The van der Waals surface area contributed by atoms with Crippen LogP contribution in [-0.4, -0.2) is 20.5 Å². The number of nitrogens with one attached hydrogen (secondary N) is 1. The van der Waals surface area contributed by atoms with Crippen LogP contribution < -0.4 is 10.7 Å². The number of imidazole rings is 1.